The Morgan fingerprint density at radius 1 is 1.24 bits per heavy atom. The van der Waals surface area contributed by atoms with Gasteiger partial charge < -0.3 is 4.42 Å². The van der Waals surface area contributed by atoms with Crippen LogP contribution in [0.1, 0.15) is 54.1 Å². The average Bonchev–Trinajstić information content (AvgIpc) is 3.07. The summed E-state index contributed by atoms with van der Waals surface area (Å²) in [5.74, 6) is 0.635. The van der Waals surface area contributed by atoms with Crippen LogP contribution in [0.25, 0.3) is 0 Å². The Labute approximate surface area is 148 Å². The van der Waals surface area contributed by atoms with Crippen molar-refractivity contribution in [3.8, 4) is 0 Å². The van der Waals surface area contributed by atoms with Crippen molar-refractivity contribution in [1.29, 1.82) is 0 Å². The smallest absolute Gasteiger partial charge is 0.263 e. The number of benzene rings is 1. The monoisotopic (exact) mass is 341 g/mol. The van der Waals surface area contributed by atoms with Crippen LogP contribution in [0.4, 0.5) is 4.39 Å². The summed E-state index contributed by atoms with van der Waals surface area (Å²) in [6, 6.07) is 6.71. The lowest BCUT2D eigenvalue weighted by Crippen LogP contribution is -1.99. The molecule has 0 atom stereocenters. The molecule has 0 N–H and O–H groups in total. The van der Waals surface area contributed by atoms with Gasteiger partial charge in [-0.05, 0) is 37.0 Å². The van der Waals surface area contributed by atoms with Gasteiger partial charge in [-0.25, -0.2) is 9.37 Å². The number of oxazole rings is 1. The van der Waals surface area contributed by atoms with Gasteiger partial charge in [-0.15, -0.1) is 0 Å². The molecule has 2 rings (SSSR count). The fourth-order valence-electron chi connectivity index (χ4n) is 2.58. The number of halogens is 1. The lowest BCUT2D eigenvalue weighted by atomic mass is 10.0. The summed E-state index contributed by atoms with van der Waals surface area (Å²) in [6.45, 7) is 3.60. The molecule has 1 aromatic carbocycles. The lowest BCUT2D eigenvalue weighted by Gasteiger charge is -2.02. The van der Waals surface area contributed by atoms with Crippen molar-refractivity contribution in [3.05, 3.63) is 78.3 Å². The van der Waals surface area contributed by atoms with E-state index in [0.717, 1.165) is 37.7 Å². The molecule has 4 heteroatoms. The molecule has 0 aliphatic rings. The highest BCUT2D eigenvalue weighted by Crippen LogP contribution is 2.13. The predicted molar refractivity (Wildman–Crippen MR) is 97.1 cm³/mol. The van der Waals surface area contributed by atoms with Gasteiger partial charge in [0.1, 0.15) is 11.6 Å². The van der Waals surface area contributed by atoms with Crippen LogP contribution in [0.15, 0.2) is 59.7 Å². The summed E-state index contributed by atoms with van der Waals surface area (Å²) in [5.41, 5.74) is 1.02. The summed E-state index contributed by atoms with van der Waals surface area (Å²) >= 11 is 0. The Morgan fingerprint density at radius 3 is 2.88 bits per heavy atom. The quantitative estimate of drug-likeness (QED) is 0.309. The number of aromatic nitrogens is 1. The molecule has 25 heavy (non-hydrogen) atoms. The second-order valence-corrected chi connectivity index (χ2v) is 5.97. The first-order valence-electron chi connectivity index (χ1n) is 8.69. The van der Waals surface area contributed by atoms with E-state index in [2.05, 4.69) is 11.6 Å². The summed E-state index contributed by atoms with van der Waals surface area (Å²) in [7, 11) is 0. The molecule has 0 aliphatic heterocycles. The van der Waals surface area contributed by atoms with E-state index in [1.165, 1.54) is 6.07 Å². The third-order valence-corrected chi connectivity index (χ3v) is 3.89. The third kappa shape index (κ3) is 6.87. The summed E-state index contributed by atoms with van der Waals surface area (Å²) in [6.07, 6.45) is 12.7. The number of hydrogen-bond acceptors (Lipinski definition) is 3. The highest BCUT2D eigenvalue weighted by Gasteiger charge is 2.12. The topological polar surface area (TPSA) is 43.1 Å². The fourth-order valence-corrected chi connectivity index (χ4v) is 2.58. The largest absolute Gasteiger partial charge is 0.439 e. The maximum Gasteiger partial charge on any atom is 0.263 e. The van der Waals surface area contributed by atoms with Gasteiger partial charge in [0.05, 0.1) is 6.20 Å². The van der Waals surface area contributed by atoms with Crippen LogP contribution < -0.4 is 0 Å². The maximum atomic E-state index is 13.1. The Hall–Kier alpha value is -2.49. The van der Waals surface area contributed by atoms with Crippen LogP contribution in [0.2, 0.25) is 0 Å². The van der Waals surface area contributed by atoms with Gasteiger partial charge in [-0.2, -0.15) is 0 Å². The lowest BCUT2D eigenvalue weighted by molar-refractivity contribution is 0.0944. The number of Topliss-reactive ketones (excluding diaryl/α,β-unsaturated/α-hetero) is 1. The molecule has 0 spiro atoms. The molecule has 2 aromatic rings. The minimum Gasteiger partial charge on any atom is -0.439 e. The molecule has 0 bridgehead atoms. The van der Waals surface area contributed by atoms with Crippen molar-refractivity contribution in [2.24, 2.45) is 0 Å². The number of aryl methyl sites for hydroxylation is 1. The minimum absolute atomic E-state index is 0.0518. The molecule has 1 heterocycles. The number of rotatable bonds is 11. The number of nitrogens with zero attached hydrogens (tertiary/aromatic N) is 1. The zero-order valence-corrected chi connectivity index (χ0v) is 14.4. The number of carbonyl (C=O) groups is 1. The zero-order chi connectivity index (χ0) is 17.9. The Balaban J connectivity index is 1.62. The molecule has 0 saturated heterocycles. The SMILES string of the molecule is C=C/C=C\Cc1cnc(C(=O)CCCCCCc2cccc(F)c2)o1. The Morgan fingerprint density at radius 2 is 2.08 bits per heavy atom. The molecular weight excluding hydrogens is 317 g/mol. The van der Waals surface area contributed by atoms with Gasteiger partial charge >= 0.3 is 0 Å². The molecule has 0 aliphatic carbocycles. The second kappa shape index (κ2) is 10.4. The zero-order valence-electron chi connectivity index (χ0n) is 14.4. The van der Waals surface area contributed by atoms with Crippen LogP contribution in [-0.4, -0.2) is 10.8 Å². The van der Waals surface area contributed by atoms with E-state index in [-0.39, 0.29) is 17.5 Å². The number of hydrogen-bond donors (Lipinski definition) is 0. The van der Waals surface area contributed by atoms with Crippen molar-refractivity contribution in [1.82, 2.24) is 4.98 Å². The Kier molecular flexibility index (Phi) is 7.83. The molecule has 0 radical (unpaired) electrons. The van der Waals surface area contributed by atoms with Crippen molar-refractivity contribution < 1.29 is 13.6 Å². The number of carbonyl (C=O) groups excluding carboxylic acids is 1. The van der Waals surface area contributed by atoms with Crippen LogP contribution in [-0.2, 0) is 12.8 Å². The molecule has 3 nitrogen and oxygen atoms in total. The van der Waals surface area contributed by atoms with Crippen LogP contribution in [0.3, 0.4) is 0 Å². The first-order valence-corrected chi connectivity index (χ1v) is 8.69. The van der Waals surface area contributed by atoms with Crippen molar-refractivity contribution in [3.63, 3.8) is 0 Å². The molecular formula is C21H24FNO2. The van der Waals surface area contributed by atoms with Gasteiger partial charge in [0.15, 0.2) is 0 Å². The first kappa shape index (κ1) is 18.8. The normalized spacial score (nSPS) is 11.1. The Bertz CT molecular complexity index is 718. The van der Waals surface area contributed by atoms with Gasteiger partial charge in [0.2, 0.25) is 5.78 Å². The van der Waals surface area contributed by atoms with E-state index in [1.807, 2.05) is 18.2 Å². The minimum atomic E-state index is -0.187. The van der Waals surface area contributed by atoms with Gasteiger partial charge in [-0.3, -0.25) is 4.79 Å². The van der Waals surface area contributed by atoms with E-state index in [0.29, 0.717) is 18.6 Å². The average molecular weight is 341 g/mol. The third-order valence-electron chi connectivity index (χ3n) is 3.89. The molecule has 0 fully saturated rings. The number of unbranched alkanes of at least 4 members (excludes halogenated alkanes) is 3. The van der Waals surface area contributed by atoms with Crippen LogP contribution >= 0.6 is 0 Å². The van der Waals surface area contributed by atoms with Gasteiger partial charge in [-0.1, -0.05) is 49.8 Å². The molecule has 1 aromatic heterocycles. The van der Waals surface area contributed by atoms with Gasteiger partial charge in [0.25, 0.3) is 5.89 Å². The maximum absolute atomic E-state index is 13.1. The van der Waals surface area contributed by atoms with Crippen molar-refractivity contribution >= 4 is 5.78 Å². The molecule has 0 saturated carbocycles. The fraction of sp³-hybridized carbons (Fsp3) is 0.333. The molecule has 132 valence electrons. The van der Waals surface area contributed by atoms with E-state index >= 15 is 0 Å². The number of ketones is 1. The van der Waals surface area contributed by atoms with E-state index in [1.54, 1.807) is 24.4 Å². The summed E-state index contributed by atoms with van der Waals surface area (Å²) in [5, 5.41) is 0. The van der Waals surface area contributed by atoms with E-state index in [9.17, 15) is 9.18 Å². The van der Waals surface area contributed by atoms with E-state index in [4.69, 9.17) is 4.42 Å². The van der Waals surface area contributed by atoms with Crippen molar-refractivity contribution in [2.75, 3.05) is 0 Å². The molecule has 0 amide bonds. The van der Waals surface area contributed by atoms with Crippen LogP contribution in [0, 0.1) is 5.82 Å². The van der Waals surface area contributed by atoms with Crippen LogP contribution in [0.5, 0.6) is 0 Å². The first-order chi connectivity index (χ1) is 12.2. The summed E-state index contributed by atoms with van der Waals surface area (Å²) in [4.78, 5) is 16.1. The highest BCUT2D eigenvalue weighted by molar-refractivity contribution is 5.91. The standard InChI is InChI=1S/C21H24FNO2/c1-2-3-6-13-19-16-23-21(25-19)20(24)14-8-5-4-7-10-17-11-9-12-18(22)15-17/h2-3,6,9,11-12,15-16H,1,4-5,7-8,10,13-14H2/b6-3-. The van der Waals surface area contributed by atoms with Crippen molar-refractivity contribution in [2.45, 2.75) is 44.9 Å². The van der Waals surface area contributed by atoms with E-state index < -0.39 is 0 Å². The van der Waals surface area contributed by atoms with Gasteiger partial charge in [0, 0.05) is 12.8 Å². The predicted octanol–water partition coefficient (Wildman–Crippen LogP) is 5.47. The highest BCUT2D eigenvalue weighted by atomic mass is 19.1. The summed E-state index contributed by atoms with van der Waals surface area (Å²) < 4.78 is 18.5. The second-order valence-electron chi connectivity index (χ2n) is 5.97. The number of allylic oxidation sites excluding steroid dienone is 3. The molecule has 0 unspecified atom stereocenters.